The molecule has 146 valence electrons. The van der Waals surface area contributed by atoms with Crippen LogP contribution >= 0.6 is 15.9 Å². The normalized spacial score (nSPS) is 16.8. The zero-order valence-electron chi connectivity index (χ0n) is 16.7. The molecule has 1 amide bonds. The van der Waals surface area contributed by atoms with E-state index in [1.807, 2.05) is 27.7 Å². The smallest absolute Gasteiger partial charge is 0.237 e. The summed E-state index contributed by atoms with van der Waals surface area (Å²) in [6, 6.07) is 4.24. The molecule has 1 fully saturated rings. The van der Waals surface area contributed by atoms with Crippen LogP contribution in [0.3, 0.4) is 0 Å². The molecule has 6 nitrogen and oxygen atoms in total. The van der Waals surface area contributed by atoms with Gasteiger partial charge in [0.25, 0.3) is 0 Å². The molecule has 0 radical (unpaired) electrons. The number of pyridine rings is 2. The minimum Gasteiger partial charge on any atom is -0.354 e. The number of nitrogens with zero attached hydrogens (tertiary/aromatic N) is 4. The number of carbonyl (C=O) groups is 1. The van der Waals surface area contributed by atoms with Crippen molar-refractivity contribution in [3.05, 3.63) is 27.9 Å². The SMILES string of the molecule is Cc1nc2nc(N3CCN(C(C)C(=O)NC(C)C)CC3)ccc2c(C)c1Br. The van der Waals surface area contributed by atoms with Gasteiger partial charge in [-0.3, -0.25) is 9.69 Å². The number of rotatable bonds is 4. The highest BCUT2D eigenvalue weighted by Crippen LogP contribution is 2.28. The van der Waals surface area contributed by atoms with Crippen molar-refractivity contribution in [2.24, 2.45) is 0 Å². The van der Waals surface area contributed by atoms with Crippen LogP contribution in [-0.4, -0.2) is 59.0 Å². The fraction of sp³-hybridized carbons (Fsp3) is 0.550. The number of aromatic nitrogens is 2. The summed E-state index contributed by atoms with van der Waals surface area (Å²) in [6.07, 6.45) is 0. The summed E-state index contributed by atoms with van der Waals surface area (Å²) in [7, 11) is 0. The van der Waals surface area contributed by atoms with Crippen molar-refractivity contribution >= 4 is 38.7 Å². The van der Waals surface area contributed by atoms with Crippen molar-refractivity contribution in [3.8, 4) is 0 Å². The highest BCUT2D eigenvalue weighted by Gasteiger charge is 2.26. The molecule has 1 N–H and O–H groups in total. The van der Waals surface area contributed by atoms with Crippen molar-refractivity contribution in [3.63, 3.8) is 0 Å². The van der Waals surface area contributed by atoms with E-state index in [2.05, 4.69) is 55.1 Å². The number of carbonyl (C=O) groups excluding carboxylic acids is 1. The fourth-order valence-corrected chi connectivity index (χ4v) is 3.80. The Morgan fingerprint density at radius 1 is 1.11 bits per heavy atom. The molecule has 1 saturated heterocycles. The Morgan fingerprint density at radius 2 is 1.78 bits per heavy atom. The number of amides is 1. The van der Waals surface area contributed by atoms with Crippen LogP contribution in [0.25, 0.3) is 11.0 Å². The summed E-state index contributed by atoms with van der Waals surface area (Å²) in [4.78, 5) is 26.2. The highest BCUT2D eigenvalue weighted by atomic mass is 79.9. The molecule has 0 saturated carbocycles. The third kappa shape index (κ3) is 4.24. The van der Waals surface area contributed by atoms with Crippen molar-refractivity contribution in [1.82, 2.24) is 20.2 Å². The van der Waals surface area contributed by atoms with Gasteiger partial charge in [-0.1, -0.05) is 0 Å². The standard InChI is InChI=1S/C20H28BrN5O/c1-12(2)22-20(27)15(5)25-8-10-26(11-9-25)17-7-6-16-13(3)18(21)14(4)23-19(16)24-17/h6-7,12,15H,8-11H2,1-5H3,(H,22,27). The number of nitrogens with one attached hydrogen (secondary N) is 1. The first-order valence-corrected chi connectivity index (χ1v) is 10.3. The van der Waals surface area contributed by atoms with Gasteiger partial charge in [-0.05, 0) is 68.2 Å². The summed E-state index contributed by atoms with van der Waals surface area (Å²) in [5.74, 6) is 1.05. The van der Waals surface area contributed by atoms with Gasteiger partial charge in [0.2, 0.25) is 5.91 Å². The lowest BCUT2D eigenvalue weighted by molar-refractivity contribution is -0.126. The maximum atomic E-state index is 12.3. The second-order valence-electron chi connectivity index (χ2n) is 7.54. The van der Waals surface area contributed by atoms with Gasteiger partial charge in [-0.2, -0.15) is 0 Å². The molecule has 0 spiro atoms. The molecular weight excluding hydrogens is 406 g/mol. The van der Waals surface area contributed by atoms with Crippen molar-refractivity contribution in [2.75, 3.05) is 31.1 Å². The summed E-state index contributed by atoms with van der Waals surface area (Å²) in [5.41, 5.74) is 2.92. The first-order valence-electron chi connectivity index (χ1n) is 9.50. The Labute approximate surface area is 169 Å². The van der Waals surface area contributed by atoms with Crippen molar-refractivity contribution < 1.29 is 4.79 Å². The second-order valence-corrected chi connectivity index (χ2v) is 8.33. The second kappa shape index (κ2) is 8.10. The van der Waals surface area contributed by atoms with E-state index in [1.165, 1.54) is 5.56 Å². The third-order valence-corrected chi connectivity index (χ3v) is 6.35. The lowest BCUT2D eigenvalue weighted by atomic mass is 10.1. The topological polar surface area (TPSA) is 61.4 Å². The first-order chi connectivity index (χ1) is 12.8. The molecule has 3 rings (SSSR count). The largest absolute Gasteiger partial charge is 0.354 e. The van der Waals surface area contributed by atoms with E-state index in [1.54, 1.807) is 0 Å². The van der Waals surface area contributed by atoms with E-state index in [4.69, 9.17) is 4.98 Å². The van der Waals surface area contributed by atoms with E-state index < -0.39 is 0 Å². The lowest BCUT2D eigenvalue weighted by Crippen LogP contribution is -2.54. The fourth-order valence-electron chi connectivity index (χ4n) is 3.50. The molecule has 2 aromatic heterocycles. The third-order valence-electron chi connectivity index (χ3n) is 5.18. The molecule has 0 aromatic carbocycles. The number of piperazine rings is 1. The van der Waals surface area contributed by atoms with Crippen LogP contribution in [0.2, 0.25) is 0 Å². The zero-order chi connectivity index (χ0) is 19.7. The Morgan fingerprint density at radius 3 is 2.41 bits per heavy atom. The number of hydrogen-bond acceptors (Lipinski definition) is 5. The van der Waals surface area contributed by atoms with E-state index in [9.17, 15) is 4.79 Å². The molecule has 1 aliphatic heterocycles. The maximum Gasteiger partial charge on any atom is 0.237 e. The molecule has 2 aromatic rings. The summed E-state index contributed by atoms with van der Waals surface area (Å²) >= 11 is 3.60. The molecule has 3 heterocycles. The van der Waals surface area contributed by atoms with Gasteiger partial charge in [0.15, 0.2) is 5.65 Å². The van der Waals surface area contributed by atoms with Gasteiger partial charge in [-0.25, -0.2) is 9.97 Å². The van der Waals surface area contributed by atoms with Crippen molar-refractivity contribution in [1.29, 1.82) is 0 Å². The number of aryl methyl sites for hydroxylation is 2. The van der Waals surface area contributed by atoms with Crippen LogP contribution in [0.5, 0.6) is 0 Å². The predicted molar refractivity (Wildman–Crippen MR) is 113 cm³/mol. The Bertz CT molecular complexity index is 846. The van der Waals surface area contributed by atoms with Crippen LogP contribution < -0.4 is 10.2 Å². The van der Waals surface area contributed by atoms with Crippen LogP contribution in [0, 0.1) is 13.8 Å². The van der Waals surface area contributed by atoms with Crippen LogP contribution in [0.4, 0.5) is 5.82 Å². The minimum atomic E-state index is -0.108. The number of fused-ring (bicyclic) bond motifs is 1. The maximum absolute atomic E-state index is 12.3. The average molecular weight is 434 g/mol. The molecule has 27 heavy (non-hydrogen) atoms. The van der Waals surface area contributed by atoms with Gasteiger partial charge in [0.05, 0.1) is 11.7 Å². The summed E-state index contributed by atoms with van der Waals surface area (Å²) < 4.78 is 1.05. The minimum absolute atomic E-state index is 0.100. The van der Waals surface area contributed by atoms with Gasteiger partial charge in [0.1, 0.15) is 5.82 Å². The molecule has 1 aliphatic rings. The van der Waals surface area contributed by atoms with Crippen LogP contribution in [0.1, 0.15) is 32.0 Å². The molecule has 7 heteroatoms. The predicted octanol–water partition coefficient (Wildman–Crippen LogP) is 3.04. The van der Waals surface area contributed by atoms with Gasteiger partial charge >= 0.3 is 0 Å². The van der Waals surface area contributed by atoms with E-state index in [-0.39, 0.29) is 18.0 Å². The molecular formula is C20H28BrN5O. The van der Waals surface area contributed by atoms with Gasteiger partial charge in [-0.15, -0.1) is 0 Å². The van der Waals surface area contributed by atoms with E-state index in [0.717, 1.165) is 53.2 Å². The zero-order valence-corrected chi connectivity index (χ0v) is 18.3. The van der Waals surface area contributed by atoms with Crippen molar-refractivity contribution in [2.45, 2.75) is 46.7 Å². The van der Waals surface area contributed by atoms with Gasteiger partial charge < -0.3 is 10.2 Å². The van der Waals surface area contributed by atoms with E-state index in [0.29, 0.717) is 0 Å². The van der Waals surface area contributed by atoms with E-state index >= 15 is 0 Å². The highest BCUT2D eigenvalue weighted by molar-refractivity contribution is 9.10. The lowest BCUT2D eigenvalue weighted by Gasteiger charge is -2.38. The number of anilines is 1. The monoisotopic (exact) mass is 433 g/mol. The Hall–Kier alpha value is -1.73. The molecule has 0 aliphatic carbocycles. The average Bonchev–Trinajstić information content (AvgIpc) is 2.65. The van der Waals surface area contributed by atoms with Crippen LogP contribution in [-0.2, 0) is 4.79 Å². The first kappa shape index (κ1) is 20.0. The summed E-state index contributed by atoms with van der Waals surface area (Å²) in [5, 5.41) is 4.08. The Balaban J connectivity index is 1.71. The molecule has 1 unspecified atom stereocenters. The molecule has 0 bridgehead atoms. The Kier molecular flexibility index (Phi) is 6.01. The molecule has 1 atom stereocenters. The van der Waals surface area contributed by atoms with Gasteiger partial charge in [0, 0.05) is 42.1 Å². The van der Waals surface area contributed by atoms with Crippen LogP contribution in [0.15, 0.2) is 16.6 Å². The summed E-state index contributed by atoms with van der Waals surface area (Å²) in [6.45, 7) is 13.4. The quantitative estimate of drug-likeness (QED) is 0.802. The number of halogens is 1. The number of hydrogen-bond donors (Lipinski definition) is 1.